The minimum atomic E-state index is 0.0342. The Kier molecular flexibility index (Phi) is 5.99. The second-order valence-electron chi connectivity index (χ2n) is 8.91. The predicted octanol–water partition coefficient (Wildman–Crippen LogP) is 4.43. The second-order valence-corrected chi connectivity index (χ2v) is 8.91. The van der Waals surface area contributed by atoms with Crippen LogP contribution in [-0.4, -0.2) is 52.3 Å². The van der Waals surface area contributed by atoms with Crippen LogP contribution < -0.4 is 4.74 Å². The quantitative estimate of drug-likeness (QED) is 0.599. The number of nitrogens with zero attached hydrogens (tertiary/aromatic N) is 3. The van der Waals surface area contributed by atoms with E-state index in [2.05, 4.69) is 4.98 Å². The highest BCUT2D eigenvalue weighted by Crippen LogP contribution is 2.33. The highest BCUT2D eigenvalue weighted by molar-refractivity contribution is 6.06. The first-order valence-corrected chi connectivity index (χ1v) is 11.7. The first-order chi connectivity index (χ1) is 16.2. The molecule has 2 aliphatic rings. The summed E-state index contributed by atoms with van der Waals surface area (Å²) in [6, 6.07) is 17.5. The van der Waals surface area contributed by atoms with Crippen LogP contribution in [-0.2, 0) is 11.3 Å². The average Bonchev–Trinajstić information content (AvgIpc) is 3.26. The number of methoxy groups -OCH3 is 1. The number of amides is 2. The van der Waals surface area contributed by atoms with Crippen LogP contribution >= 0.6 is 0 Å². The summed E-state index contributed by atoms with van der Waals surface area (Å²) >= 11 is 0. The summed E-state index contributed by atoms with van der Waals surface area (Å²) in [4.78, 5) is 35.3. The third-order valence-electron chi connectivity index (χ3n) is 7.02. The first-order valence-electron chi connectivity index (χ1n) is 11.7. The highest BCUT2D eigenvalue weighted by atomic mass is 16.5. The lowest BCUT2D eigenvalue weighted by Crippen LogP contribution is -2.49. The van der Waals surface area contributed by atoms with Gasteiger partial charge in [-0.3, -0.25) is 14.6 Å². The molecule has 3 aromatic rings. The molecule has 1 aromatic heterocycles. The number of carbonyl (C=O) groups is 2. The molecule has 2 amide bonds. The molecular formula is C27H29N3O3. The monoisotopic (exact) mass is 443 g/mol. The van der Waals surface area contributed by atoms with E-state index in [1.807, 2.05) is 64.4 Å². The molecule has 0 bridgehead atoms. The van der Waals surface area contributed by atoms with Crippen LogP contribution in [0.15, 0.2) is 60.8 Å². The van der Waals surface area contributed by atoms with E-state index in [-0.39, 0.29) is 23.9 Å². The van der Waals surface area contributed by atoms with Gasteiger partial charge in [0.25, 0.3) is 5.91 Å². The van der Waals surface area contributed by atoms with Gasteiger partial charge in [-0.25, -0.2) is 0 Å². The summed E-state index contributed by atoms with van der Waals surface area (Å²) in [5.41, 5.74) is 2.60. The van der Waals surface area contributed by atoms with Gasteiger partial charge in [-0.05, 0) is 55.2 Å². The molecule has 2 atom stereocenters. The molecule has 6 heteroatoms. The molecule has 33 heavy (non-hydrogen) atoms. The molecule has 0 saturated carbocycles. The molecule has 2 fully saturated rings. The first kappa shape index (κ1) is 21.4. The van der Waals surface area contributed by atoms with E-state index in [1.54, 1.807) is 13.3 Å². The fourth-order valence-corrected chi connectivity index (χ4v) is 5.34. The second kappa shape index (κ2) is 9.22. The maximum Gasteiger partial charge on any atom is 0.254 e. The molecular weight excluding hydrogens is 414 g/mol. The topological polar surface area (TPSA) is 62.7 Å². The van der Waals surface area contributed by atoms with Crippen LogP contribution in [0.4, 0.5) is 0 Å². The number of ether oxygens (including phenoxy) is 1. The van der Waals surface area contributed by atoms with Gasteiger partial charge in [-0.15, -0.1) is 0 Å². The molecule has 5 rings (SSSR count). The standard InChI is InChI=1S/C27H29N3O3/c1-33-20-13-11-19(12-14-20)18-30-25-15-17-29(24(25)9-2-3-10-26(30)31)27(32)22-6-4-8-23-21(22)7-5-16-28-23/h4-8,11-14,16,24-25H,2-3,9-10,15,17-18H2,1H3/t24-,25+/m1/s1. The molecule has 0 radical (unpaired) electrons. The summed E-state index contributed by atoms with van der Waals surface area (Å²) in [6.45, 7) is 1.22. The van der Waals surface area contributed by atoms with Crippen LogP contribution in [0.5, 0.6) is 5.75 Å². The molecule has 2 aliphatic heterocycles. The van der Waals surface area contributed by atoms with Gasteiger partial charge < -0.3 is 14.5 Å². The fraction of sp³-hybridized carbons (Fsp3) is 0.370. The number of pyridine rings is 1. The number of carbonyl (C=O) groups excluding carboxylic acids is 2. The number of aromatic nitrogens is 1. The summed E-state index contributed by atoms with van der Waals surface area (Å²) in [5, 5.41) is 0.880. The molecule has 0 aliphatic carbocycles. The molecule has 0 spiro atoms. The Morgan fingerprint density at radius 1 is 1.03 bits per heavy atom. The predicted molar refractivity (Wildman–Crippen MR) is 127 cm³/mol. The van der Waals surface area contributed by atoms with Crippen LogP contribution in [0.3, 0.4) is 0 Å². The lowest BCUT2D eigenvalue weighted by molar-refractivity contribution is -0.135. The third-order valence-corrected chi connectivity index (χ3v) is 7.02. The largest absolute Gasteiger partial charge is 0.497 e. The molecule has 6 nitrogen and oxygen atoms in total. The normalized spacial score (nSPS) is 20.9. The Hall–Kier alpha value is -3.41. The van der Waals surface area contributed by atoms with Crippen molar-refractivity contribution in [3.05, 3.63) is 71.9 Å². The minimum absolute atomic E-state index is 0.0342. The van der Waals surface area contributed by atoms with Crippen molar-refractivity contribution >= 4 is 22.7 Å². The molecule has 170 valence electrons. The average molecular weight is 444 g/mol. The van der Waals surface area contributed by atoms with Crippen molar-refractivity contribution in [3.63, 3.8) is 0 Å². The van der Waals surface area contributed by atoms with Crippen molar-refractivity contribution in [2.24, 2.45) is 0 Å². The van der Waals surface area contributed by atoms with Gasteiger partial charge in [-0.1, -0.05) is 30.7 Å². The van der Waals surface area contributed by atoms with Gasteiger partial charge in [0.05, 0.1) is 24.7 Å². The number of likely N-dealkylation sites (tertiary alicyclic amines) is 2. The Morgan fingerprint density at radius 2 is 1.88 bits per heavy atom. The number of benzene rings is 2. The van der Waals surface area contributed by atoms with Gasteiger partial charge >= 0.3 is 0 Å². The van der Waals surface area contributed by atoms with Gasteiger partial charge in [0.1, 0.15) is 5.75 Å². The van der Waals surface area contributed by atoms with Crippen molar-refractivity contribution in [3.8, 4) is 5.75 Å². The van der Waals surface area contributed by atoms with E-state index in [0.29, 0.717) is 25.1 Å². The zero-order valence-corrected chi connectivity index (χ0v) is 18.9. The van der Waals surface area contributed by atoms with Gasteiger partial charge in [0.15, 0.2) is 0 Å². The molecule has 2 aromatic carbocycles. The molecule has 0 unspecified atom stereocenters. The van der Waals surface area contributed by atoms with Crippen LogP contribution in [0.25, 0.3) is 10.9 Å². The Morgan fingerprint density at radius 3 is 2.70 bits per heavy atom. The fourth-order valence-electron chi connectivity index (χ4n) is 5.34. The SMILES string of the molecule is COc1ccc(CN2C(=O)CCCC[C@@H]3[C@@H]2CCN3C(=O)c2cccc3ncccc23)cc1. The van der Waals surface area contributed by atoms with Gasteiger partial charge in [-0.2, -0.15) is 0 Å². The lowest BCUT2D eigenvalue weighted by atomic mass is 9.95. The van der Waals surface area contributed by atoms with Crippen molar-refractivity contribution in [1.82, 2.24) is 14.8 Å². The summed E-state index contributed by atoms with van der Waals surface area (Å²) < 4.78 is 5.27. The number of hydrogen-bond acceptors (Lipinski definition) is 4. The number of hydrogen-bond donors (Lipinski definition) is 0. The zero-order valence-electron chi connectivity index (χ0n) is 18.9. The zero-order chi connectivity index (χ0) is 22.8. The summed E-state index contributed by atoms with van der Waals surface area (Å²) in [5.74, 6) is 1.03. The lowest BCUT2D eigenvalue weighted by Gasteiger charge is -2.37. The van der Waals surface area contributed by atoms with E-state index in [1.165, 1.54) is 0 Å². The Bertz CT molecular complexity index is 1160. The maximum atomic E-state index is 13.7. The van der Waals surface area contributed by atoms with Crippen LogP contribution in [0.1, 0.15) is 48.0 Å². The van der Waals surface area contributed by atoms with Crippen LogP contribution in [0, 0.1) is 0 Å². The van der Waals surface area contributed by atoms with Gasteiger partial charge in [0, 0.05) is 36.7 Å². The summed E-state index contributed by atoms with van der Waals surface area (Å²) in [7, 11) is 1.65. The smallest absolute Gasteiger partial charge is 0.254 e. The maximum absolute atomic E-state index is 13.7. The van der Waals surface area contributed by atoms with E-state index in [9.17, 15) is 9.59 Å². The van der Waals surface area contributed by atoms with E-state index in [4.69, 9.17) is 4.74 Å². The third kappa shape index (κ3) is 4.17. The molecule has 2 saturated heterocycles. The summed E-state index contributed by atoms with van der Waals surface area (Å²) in [6.07, 6.45) is 5.88. The van der Waals surface area contributed by atoms with Gasteiger partial charge in [0.2, 0.25) is 5.91 Å². The minimum Gasteiger partial charge on any atom is -0.497 e. The molecule has 0 N–H and O–H groups in total. The highest BCUT2D eigenvalue weighted by Gasteiger charge is 2.42. The van der Waals surface area contributed by atoms with E-state index < -0.39 is 0 Å². The van der Waals surface area contributed by atoms with Crippen molar-refractivity contribution in [1.29, 1.82) is 0 Å². The van der Waals surface area contributed by atoms with E-state index in [0.717, 1.165) is 47.9 Å². The number of fused-ring (bicyclic) bond motifs is 2. The number of rotatable bonds is 4. The Balaban J connectivity index is 1.43. The Labute approximate surface area is 194 Å². The van der Waals surface area contributed by atoms with Crippen molar-refractivity contribution in [2.75, 3.05) is 13.7 Å². The molecule has 3 heterocycles. The van der Waals surface area contributed by atoms with Crippen molar-refractivity contribution < 1.29 is 14.3 Å². The van der Waals surface area contributed by atoms with E-state index >= 15 is 0 Å². The van der Waals surface area contributed by atoms with Crippen LogP contribution in [0.2, 0.25) is 0 Å². The van der Waals surface area contributed by atoms with Crippen molar-refractivity contribution in [2.45, 2.75) is 50.7 Å².